The van der Waals surface area contributed by atoms with Crippen molar-refractivity contribution in [2.24, 2.45) is 0 Å². The number of benzene rings is 1. The highest BCUT2D eigenvalue weighted by molar-refractivity contribution is 5.55. The topological polar surface area (TPSA) is 15.3 Å². The molecule has 3 heteroatoms. The van der Waals surface area contributed by atoms with Gasteiger partial charge in [0.2, 0.25) is 0 Å². The monoisotopic (exact) mass is 252 g/mol. The van der Waals surface area contributed by atoms with Gasteiger partial charge in [-0.05, 0) is 50.6 Å². The molecule has 0 aromatic heterocycles. The van der Waals surface area contributed by atoms with Gasteiger partial charge in [-0.1, -0.05) is 13.8 Å². The fourth-order valence-corrected chi connectivity index (χ4v) is 1.85. The molecule has 0 aliphatic heterocycles. The quantitative estimate of drug-likeness (QED) is 0.832. The highest BCUT2D eigenvalue weighted by atomic mass is 19.1. The van der Waals surface area contributed by atoms with Crippen molar-refractivity contribution >= 4 is 5.69 Å². The number of halogens is 1. The molecule has 1 N–H and O–H groups in total. The molecule has 0 heterocycles. The molecule has 0 radical (unpaired) electrons. The van der Waals surface area contributed by atoms with Gasteiger partial charge >= 0.3 is 0 Å². The summed E-state index contributed by atoms with van der Waals surface area (Å²) in [6.07, 6.45) is 1.04. The van der Waals surface area contributed by atoms with Crippen LogP contribution in [0.1, 0.15) is 39.7 Å². The molecule has 0 aliphatic carbocycles. The number of anilines is 1. The molecule has 0 amide bonds. The summed E-state index contributed by atoms with van der Waals surface area (Å²) in [5.74, 6) is -0.172. The zero-order valence-electron chi connectivity index (χ0n) is 12.2. The summed E-state index contributed by atoms with van der Waals surface area (Å²) >= 11 is 0. The maximum Gasteiger partial charge on any atom is 0.123 e. The fraction of sp³-hybridized carbons (Fsp3) is 0.600. The summed E-state index contributed by atoms with van der Waals surface area (Å²) in [6, 6.07) is 5.03. The molecule has 2 nitrogen and oxygen atoms in total. The Morgan fingerprint density at radius 1 is 1.28 bits per heavy atom. The molecule has 102 valence electrons. The van der Waals surface area contributed by atoms with Crippen LogP contribution in [0, 0.1) is 5.82 Å². The third-order valence-corrected chi connectivity index (χ3v) is 3.74. The Labute approximate surface area is 110 Å². The summed E-state index contributed by atoms with van der Waals surface area (Å²) < 4.78 is 13.4. The molecule has 1 rings (SSSR count). The van der Waals surface area contributed by atoms with E-state index in [0.717, 1.165) is 24.2 Å². The number of nitrogens with one attached hydrogen (secondary N) is 1. The first-order valence-corrected chi connectivity index (χ1v) is 6.65. The molecule has 0 saturated carbocycles. The molecule has 0 aliphatic rings. The van der Waals surface area contributed by atoms with Crippen LogP contribution >= 0.6 is 0 Å². The average Bonchev–Trinajstić information content (AvgIpc) is 2.35. The molecule has 18 heavy (non-hydrogen) atoms. The summed E-state index contributed by atoms with van der Waals surface area (Å²) in [4.78, 5) is 2.24. The summed E-state index contributed by atoms with van der Waals surface area (Å²) in [5, 5.41) is 3.26. The van der Waals surface area contributed by atoms with Gasteiger partial charge in [0.15, 0.2) is 0 Å². The Hall–Kier alpha value is -1.09. The van der Waals surface area contributed by atoms with Crippen LogP contribution in [0.15, 0.2) is 18.2 Å². The molecule has 0 atom stereocenters. The average molecular weight is 252 g/mol. The van der Waals surface area contributed by atoms with E-state index in [1.165, 1.54) is 6.07 Å². The molecule has 1 aromatic carbocycles. The van der Waals surface area contributed by atoms with Crippen LogP contribution in [0.5, 0.6) is 0 Å². The lowest BCUT2D eigenvalue weighted by atomic mass is 9.98. The van der Waals surface area contributed by atoms with Gasteiger partial charge in [0, 0.05) is 24.8 Å². The Morgan fingerprint density at radius 3 is 2.50 bits per heavy atom. The lowest BCUT2D eigenvalue weighted by molar-refractivity contribution is 0.468. The Morgan fingerprint density at radius 2 is 1.94 bits per heavy atom. The third kappa shape index (κ3) is 3.45. The molecule has 0 saturated heterocycles. The van der Waals surface area contributed by atoms with Crippen molar-refractivity contribution in [1.29, 1.82) is 0 Å². The van der Waals surface area contributed by atoms with Gasteiger partial charge in [-0.2, -0.15) is 0 Å². The van der Waals surface area contributed by atoms with E-state index in [9.17, 15) is 4.39 Å². The van der Waals surface area contributed by atoms with Gasteiger partial charge < -0.3 is 10.2 Å². The minimum absolute atomic E-state index is 0.0682. The number of nitrogens with zero attached hydrogens (tertiary/aromatic N) is 1. The Balaban J connectivity index is 3.06. The molecule has 0 fully saturated rings. The highest BCUT2D eigenvalue weighted by Crippen LogP contribution is 2.28. The van der Waals surface area contributed by atoms with E-state index in [1.807, 2.05) is 6.07 Å². The second kappa shape index (κ2) is 6.19. The van der Waals surface area contributed by atoms with E-state index in [4.69, 9.17) is 0 Å². The van der Waals surface area contributed by atoms with E-state index < -0.39 is 0 Å². The maximum atomic E-state index is 13.4. The molecule has 1 aromatic rings. The third-order valence-electron chi connectivity index (χ3n) is 3.74. The van der Waals surface area contributed by atoms with Crippen molar-refractivity contribution < 1.29 is 4.39 Å². The van der Waals surface area contributed by atoms with Crippen molar-refractivity contribution in [1.82, 2.24) is 5.32 Å². The van der Waals surface area contributed by atoms with Crippen LogP contribution in [0.25, 0.3) is 0 Å². The Kier molecular flexibility index (Phi) is 5.15. The van der Waals surface area contributed by atoms with Gasteiger partial charge in [-0.15, -0.1) is 0 Å². The SMILES string of the molecule is CCNCc1cc(F)ccc1N(C)C(C)(C)CC. The first kappa shape index (κ1) is 15.0. The lowest BCUT2D eigenvalue weighted by Gasteiger charge is -2.38. The van der Waals surface area contributed by atoms with Gasteiger partial charge in [-0.3, -0.25) is 0 Å². The lowest BCUT2D eigenvalue weighted by Crippen LogP contribution is -2.41. The van der Waals surface area contributed by atoms with Crippen molar-refractivity contribution in [3.05, 3.63) is 29.6 Å². The molecular weight excluding hydrogens is 227 g/mol. The first-order valence-electron chi connectivity index (χ1n) is 6.65. The second-order valence-corrected chi connectivity index (χ2v) is 5.28. The van der Waals surface area contributed by atoms with Crippen molar-refractivity contribution in [3.63, 3.8) is 0 Å². The van der Waals surface area contributed by atoms with Crippen LogP contribution in [0.4, 0.5) is 10.1 Å². The molecule has 0 unspecified atom stereocenters. The predicted octanol–water partition coefficient (Wildman–Crippen LogP) is 3.56. The number of rotatable bonds is 6. The van der Waals surface area contributed by atoms with Gasteiger partial charge in [0.05, 0.1) is 0 Å². The predicted molar refractivity (Wildman–Crippen MR) is 76.6 cm³/mol. The largest absolute Gasteiger partial charge is 0.369 e. The van der Waals surface area contributed by atoms with Crippen LogP contribution < -0.4 is 10.2 Å². The van der Waals surface area contributed by atoms with Gasteiger partial charge in [0.25, 0.3) is 0 Å². The van der Waals surface area contributed by atoms with Crippen LogP contribution in [0.2, 0.25) is 0 Å². The zero-order chi connectivity index (χ0) is 13.8. The highest BCUT2D eigenvalue weighted by Gasteiger charge is 2.23. The smallest absolute Gasteiger partial charge is 0.123 e. The van der Waals surface area contributed by atoms with E-state index >= 15 is 0 Å². The summed E-state index contributed by atoms with van der Waals surface area (Å²) in [6.45, 7) is 10.2. The second-order valence-electron chi connectivity index (χ2n) is 5.28. The minimum Gasteiger partial charge on any atom is -0.369 e. The standard InChI is InChI=1S/C15H25FN2/c1-6-15(3,4)18(5)14-9-8-13(16)10-12(14)11-17-7-2/h8-10,17H,6-7,11H2,1-5H3. The zero-order valence-corrected chi connectivity index (χ0v) is 12.2. The van der Waals surface area contributed by atoms with Crippen molar-refractivity contribution in [2.45, 2.75) is 46.2 Å². The van der Waals surface area contributed by atoms with Crippen LogP contribution in [-0.4, -0.2) is 19.1 Å². The van der Waals surface area contributed by atoms with Gasteiger partial charge in [0.1, 0.15) is 5.82 Å². The van der Waals surface area contributed by atoms with E-state index in [0.29, 0.717) is 6.54 Å². The normalized spacial score (nSPS) is 11.7. The van der Waals surface area contributed by atoms with Crippen molar-refractivity contribution in [3.8, 4) is 0 Å². The van der Waals surface area contributed by atoms with E-state index in [-0.39, 0.29) is 11.4 Å². The number of hydrogen-bond donors (Lipinski definition) is 1. The van der Waals surface area contributed by atoms with Gasteiger partial charge in [-0.25, -0.2) is 4.39 Å². The van der Waals surface area contributed by atoms with Crippen LogP contribution in [-0.2, 0) is 6.54 Å². The minimum atomic E-state index is -0.172. The molecule has 0 bridgehead atoms. The number of hydrogen-bond acceptors (Lipinski definition) is 2. The summed E-state index contributed by atoms with van der Waals surface area (Å²) in [5.41, 5.74) is 2.18. The molecule has 0 spiro atoms. The van der Waals surface area contributed by atoms with Crippen molar-refractivity contribution in [2.75, 3.05) is 18.5 Å². The Bertz CT molecular complexity index is 388. The van der Waals surface area contributed by atoms with E-state index in [2.05, 4.69) is 45.0 Å². The first-order chi connectivity index (χ1) is 8.42. The van der Waals surface area contributed by atoms with Crippen LogP contribution in [0.3, 0.4) is 0 Å². The molecular formula is C15H25FN2. The fourth-order valence-electron chi connectivity index (χ4n) is 1.85. The maximum absolute atomic E-state index is 13.4. The van der Waals surface area contributed by atoms with E-state index in [1.54, 1.807) is 6.07 Å². The summed E-state index contributed by atoms with van der Waals surface area (Å²) in [7, 11) is 2.08.